The zero-order chi connectivity index (χ0) is 18.4. The summed E-state index contributed by atoms with van der Waals surface area (Å²) in [5, 5.41) is 12.0. The predicted octanol–water partition coefficient (Wildman–Crippen LogP) is 5.88. The number of nitrogens with zero attached hydrogens (tertiary/aromatic N) is 4. The first kappa shape index (κ1) is 17.6. The van der Waals surface area contributed by atoms with Crippen molar-refractivity contribution in [3.05, 3.63) is 84.4 Å². The third-order valence-corrected chi connectivity index (χ3v) is 4.63. The highest BCUT2D eigenvalue weighted by molar-refractivity contribution is 7.90. The maximum Gasteiger partial charge on any atom is 0.299 e. The van der Waals surface area contributed by atoms with Gasteiger partial charge in [-0.3, -0.25) is 0 Å². The Morgan fingerprint density at radius 2 is 1.12 bits per heavy atom. The number of azo groups is 1. The topological polar surface area (TPSA) is 83.6 Å². The van der Waals surface area contributed by atoms with Crippen LogP contribution in [0.15, 0.2) is 104 Å². The van der Waals surface area contributed by atoms with Crippen molar-refractivity contribution >= 4 is 27.1 Å². The molecule has 7 heteroatoms. The van der Waals surface area contributed by atoms with Crippen molar-refractivity contribution in [3.8, 4) is 0 Å². The number of aryl methyl sites for hydroxylation is 1. The Morgan fingerprint density at radius 3 is 1.69 bits per heavy atom. The second-order valence-corrected chi connectivity index (χ2v) is 7.11. The van der Waals surface area contributed by atoms with E-state index < -0.39 is 10.0 Å². The van der Waals surface area contributed by atoms with Gasteiger partial charge in [-0.15, -0.1) is 5.11 Å². The monoisotopic (exact) mass is 364 g/mol. The molecular formula is C19H16N4O2S. The van der Waals surface area contributed by atoms with Crippen molar-refractivity contribution in [1.82, 2.24) is 0 Å². The minimum absolute atomic E-state index is 0.111. The molecule has 0 fully saturated rings. The molecule has 130 valence electrons. The number of hydrogen-bond acceptors (Lipinski definition) is 5. The van der Waals surface area contributed by atoms with Gasteiger partial charge in [0.05, 0.1) is 22.0 Å². The molecule has 3 aromatic carbocycles. The summed E-state index contributed by atoms with van der Waals surface area (Å²) in [4.78, 5) is 0.111. The molecule has 0 unspecified atom stereocenters. The minimum Gasteiger partial charge on any atom is -0.198 e. The quantitative estimate of drug-likeness (QED) is 0.529. The van der Waals surface area contributed by atoms with Gasteiger partial charge in [0.25, 0.3) is 10.0 Å². The fourth-order valence-corrected chi connectivity index (χ4v) is 2.83. The minimum atomic E-state index is -3.82. The van der Waals surface area contributed by atoms with E-state index in [-0.39, 0.29) is 4.90 Å². The lowest BCUT2D eigenvalue weighted by molar-refractivity contribution is 0.595. The van der Waals surface area contributed by atoms with Gasteiger partial charge in [-0.05, 0) is 55.5 Å². The molecule has 0 bridgehead atoms. The maximum atomic E-state index is 12.1. The third-order valence-electron chi connectivity index (χ3n) is 3.47. The number of hydrogen-bond donors (Lipinski definition) is 0. The molecule has 3 aromatic rings. The van der Waals surface area contributed by atoms with Crippen LogP contribution in [0, 0.1) is 6.92 Å². The van der Waals surface area contributed by atoms with Gasteiger partial charge >= 0.3 is 0 Å². The average Bonchev–Trinajstić information content (AvgIpc) is 2.67. The molecule has 0 aliphatic carbocycles. The van der Waals surface area contributed by atoms with E-state index in [0.717, 1.165) is 11.3 Å². The SMILES string of the molecule is Cc1ccc(S(=O)(=O)N=Nc2ccc(/N=N/c3ccccc3)cc2)cc1. The van der Waals surface area contributed by atoms with Crippen molar-refractivity contribution in [1.29, 1.82) is 0 Å². The van der Waals surface area contributed by atoms with E-state index in [9.17, 15) is 8.42 Å². The van der Waals surface area contributed by atoms with Crippen LogP contribution in [0.3, 0.4) is 0 Å². The number of benzene rings is 3. The van der Waals surface area contributed by atoms with Crippen molar-refractivity contribution in [2.45, 2.75) is 11.8 Å². The van der Waals surface area contributed by atoms with Crippen LogP contribution < -0.4 is 0 Å². The van der Waals surface area contributed by atoms with Crippen molar-refractivity contribution in [2.75, 3.05) is 0 Å². The summed E-state index contributed by atoms with van der Waals surface area (Å²) in [7, 11) is -3.82. The molecule has 0 atom stereocenters. The predicted molar refractivity (Wildman–Crippen MR) is 99.9 cm³/mol. The zero-order valence-electron chi connectivity index (χ0n) is 14.0. The molecule has 0 N–H and O–H groups in total. The Labute approximate surface area is 152 Å². The van der Waals surface area contributed by atoms with Crippen LogP contribution in [0.2, 0.25) is 0 Å². The highest BCUT2D eigenvalue weighted by Crippen LogP contribution is 2.23. The lowest BCUT2D eigenvalue weighted by Crippen LogP contribution is -1.95. The second-order valence-electron chi connectivity index (χ2n) is 5.52. The van der Waals surface area contributed by atoms with Gasteiger partial charge in [0.1, 0.15) is 0 Å². The lowest BCUT2D eigenvalue weighted by atomic mass is 10.2. The summed E-state index contributed by atoms with van der Waals surface area (Å²) >= 11 is 0. The Hall–Kier alpha value is -3.19. The molecule has 0 heterocycles. The van der Waals surface area contributed by atoms with Gasteiger partial charge in [-0.1, -0.05) is 40.4 Å². The molecule has 0 aromatic heterocycles. The first-order chi connectivity index (χ1) is 12.5. The second kappa shape index (κ2) is 7.79. The van der Waals surface area contributed by atoms with Gasteiger partial charge < -0.3 is 0 Å². The van der Waals surface area contributed by atoms with Crippen LogP contribution in [-0.2, 0) is 10.0 Å². The van der Waals surface area contributed by atoms with E-state index in [0.29, 0.717) is 11.4 Å². The lowest BCUT2D eigenvalue weighted by Gasteiger charge is -1.98. The summed E-state index contributed by atoms with van der Waals surface area (Å²) in [5.74, 6) is 0. The van der Waals surface area contributed by atoms with E-state index in [1.54, 1.807) is 36.4 Å². The Kier molecular flexibility index (Phi) is 5.28. The summed E-state index contributed by atoms with van der Waals surface area (Å²) in [6.07, 6.45) is 0. The molecule has 0 aliphatic rings. The highest BCUT2D eigenvalue weighted by Gasteiger charge is 2.12. The standard InChI is InChI=1S/C19H16N4O2S/c1-15-7-13-19(14-8-15)26(24,25)23-22-18-11-9-17(10-12-18)21-20-16-5-3-2-4-6-16/h2-14H,1H3/b21-20+,23-22?. The molecule has 3 rings (SSSR count). The van der Waals surface area contributed by atoms with Gasteiger partial charge in [-0.25, -0.2) is 0 Å². The summed E-state index contributed by atoms with van der Waals surface area (Å²) in [6, 6.07) is 22.5. The molecule has 0 amide bonds. The summed E-state index contributed by atoms with van der Waals surface area (Å²) in [5.41, 5.74) is 2.77. The van der Waals surface area contributed by atoms with Crippen molar-refractivity contribution in [3.63, 3.8) is 0 Å². The molecule has 0 saturated heterocycles. The largest absolute Gasteiger partial charge is 0.299 e. The Bertz CT molecular complexity index is 1030. The van der Waals surface area contributed by atoms with E-state index in [4.69, 9.17) is 0 Å². The van der Waals surface area contributed by atoms with Crippen LogP contribution in [0.25, 0.3) is 0 Å². The molecule has 0 radical (unpaired) electrons. The smallest absolute Gasteiger partial charge is 0.198 e. The summed E-state index contributed by atoms with van der Waals surface area (Å²) < 4.78 is 27.8. The maximum absolute atomic E-state index is 12.1. The van der Waals surface area contributed by atoms with E-state index in [1.807, 2.05) is 37.3 Å². The first-order valence-electron chi connectivity index (χ1n) is 7.84. The van der Waals surface area contributed by atoms with E-state index >= 15 is 0 Å². The van der Waals surface area contributed by atoms with Crippen molar-refractivity contribution < 1.29 is 8.42 Å². The van der Waals surface area contributed by atoms with Gasteiger partial charge in [0.15, 0.2) is 0 Å². The van der Waals surface area contributed by atoms with E-state index in [1.165, 1.54) is 12.1 Å². The fourth-order valence-electron chi connectivity index (χ4n) is 2.05. The van der Waals surface area contributed by atoms with Gasteiger partial charge in [-0.2, -0.15) is 18.6 Å². The van der Waals surface area contributed by atoms with Crippen LogP contribution >= 0.6 is 0 Å². The number of sulfonamides is 1. The van der Waals surface area contributed by atoms with E-state index in [2.05, 4.69) is 19.9 Å². The molecule has 0 spiro atoms. The van der Waals surface area contributed by atoms with Crippen LogP contribution in [0.4, 0.5) is 17.1 Å². The Balaban J connectivity index is 1.71. The third kappa shape index (κ3) is 4.67. The van der Waals surface area contributed by atoms with Crippen LogP contribution in [0.1, 0.15) is 5.56 Å². The van der Waals surface area contributed by atoms with Crippen LogP contribution in [-0.4, -0.2) is 8.42 Å². The molecule has 6 nitrogen and oxygen atoms in total. The fraction of sp³-hybridized carbons (Fsp3) is 0.0526. The molecular weight excluding hydrogens is 348 g/mol. The molecule has 0 saturated carbocycles. The molecule has 26 heavy (non-hydrogen) atoms. The van der Waals surface area contributed by atoms with Gasteiger partial charge in [0.2, 0.25) is 0 Å². The average molecular weight is 364 g/mol. The normalized spacial score (nSPS) is 12.0. The van der Waals surface area contributed by atoms with Crippen molar-refractivity contribution in [2.24, 2.45) is 19.9 Å². The summed E-state index contributed by atoms with van der Waals surface area (Å²) in [6.45, 7) is 1.88. The number of rotatable bonds is 5. The van der Waals surface area contributed by atoms with Gasteiger partial charge in [0, 0.05) is 0 Å². The zero-order valence-corrected chi connectivity index (χ0v) is 14.8. The molecule has 0 aliphatic heterocycles. The van der Waals surface area contributed by atoms with Crippen LogP contribution in [0.5, 0.6) is 0 Å². The Morgan fingerprint density at radius 1 is 0.615 bits per heavy atom. The highest BCUT2D eigenvalue weighted by atomic mass is 32.2. The first-order valence-corrected chi connectivity index (χ1v) is 9.28.